The zero-order valence-corrected chi connectivity index (χ0v) is 16.3. The van der Waals surface area contributed by atoms with Gasteiger partial charge in [-0.25, -0.2) is 4.39 Å². The maximum absolute atomic E-state index is 15.3. The van der Waals surface area contributed by atoms with Crippen LogP contribution in [-0.2, 0) is 14.0 Å². The first-order chi connectivity index (χ1) is 11.7. The topological polar surface area (TPSA) is 27.7 Å². The molecule has 1 aliphatic heterocycles. The molecule has 1 aromatic rings. The normalized spacial score (nSPS) is 19.9. The van der Waals surface area contributed by atoms with Gasteiger partial charge >= 0.3 is 7.12 Å². The molecular formula is C20H30BFO3. The highest BCUT2D eigenvalue weighted by molar-refractivity contribution is 6.55. The highest BCUT2D eigenvalue weighted by atomic mass is 19.1. The zero-order valence-electron chi connectivity index (χ0n) is 16.3. The first-order valence-corrected chi connectivity index (χ1v) is 9.07. The summed E-state index contributed by atoms with van der Waals surface area (Å²) in [5.41, 5.74) is 1.09. The minimum Gasteiger partial charge on any atom is -0.398 e. The summed E-state index contributed by atoms with van der Waals surface area (Å²) in [7, 11) is -0.979. The van der Waals surface area contributed by atoms with Gasteiger partial charge in [-0.15, -0.1) is 0 Å². The third-order valence-electron chi connectivity index (χ3n) is 4.99. The fourth-order valence-corrected chi connectivity index (χ4v) is 2.67. The number of hydrogen-bond acceptors (Lipinski definition) is 3. The Morgan fingerprint density at radius 2 is 1.60 bits per heavy atom. The van der Waals surface area contributed by atoms with E-state index in [2.05, 4.69) is 6.92 Å². The number of aryl methyl sites for hydroxylation is 1. The van der Waals surface area contributed by atoms with Crippen LogP contribution < -0.4 is 0 Å². The van der Waals surface area contributed by atoms with Crippen molar-refractivity contribution in [3.8, 4) is 0 Å². The summed E-state index contributed by atoms with van der Waals surface area (Å²) in [5.74, 6) is 0. The standard InChI is InChI=1S/C20H30BFO3/c1-7-13-23-14-12-17(16-10-8-15(2)9-11-16)18(22)21-24-19(3,4)20(5,6)25-21/h8-11H,7,12-14H2,1-6H3. The zero-order chi connectivity index (χ0) is 18.7. The Kier molecular flexibility index (Phi) is 6.47. The first kappa shape index (κ1) is 20.2. The number of ether oxygens (including phenoxy) is 1. The summed E-state index contributed by atoms with van der Waals surface area (Å²) in [6.07, 6.45) is 1.43. The van der Waals surface area contributed by atoms with Crippen molar-refractivity contribution >= 4 is 12.7 Å². The van der Waals surface area contributed by atoms with Crippen molar-refractivity contribution in [2.75, 3.05) is 13.2 Å². The van der Waals surface area contributed by atoms with Crippen LogP contribution in [0.2, 0.25) is 0 Å². The van der Waals surface area contributed by atoms with E-state index in [-0.39, 0.29) is 5.73 Å². The summed E-state index contributed by atoms with van der Waals surface area (Å²) in [5, 5.41) is 0. The average Bonchev–Trinajstić information content (AvgIpc) is 2.76. The van der Waals surface area contributed by atoms with E-state index in [4.69, 9.17) is 14.0 Å². The molecule has 0 spiro atoms. The molecule has 1 aromatic carbocycles. The van der Waals surface area contributed by atoms with Crippen LogP contribution in [0.3, 0.4) is 0 Å². The molecule has 0 atom stereocenters. The second-order valence-electron chi connectivity index (χ2n) is 7.64. The second-order valence-corrected chi connectivity index (χ2v) is 7.64. The minimum absolute atomic E-state index is 0.359. The Labute approximate surface area is 151 Å². The molecule has 0 bridgehead atoms. The average molecular weight is 348 g/mol. The molecule has 1 aliphatic rings. The molecule has 2 rings (SSSR count). The van der Waals surface area contributed by atoms with Crippen molar-refractivity contribution in [3.63, 3.8) is 0 Å². The van der Waals surface area contributed by atoms with Gasteiger partial charge in [-0.1, -0.05) is 36.8 Å². The lowest BCUT2D eigenvalue weighted by Gasteiger charge is -2.32. The molecule has 0 N–H and O–H groups in total. The van der Waals surface area contributed by atoms with Crippen molar-refractivity contribution in [3.05, 3.63) is 41.1 Å². The molecule has 3 nitrogen and oxygen atoms in total. The van der Waals surface area contributed by atoms with Gasteiger partial charge in [0, 0.05) is 6.61 Å². The van der Waals surface area contributed by atoms with E-state index in [0.717, 1.165) is 17.5 Å². The van der Waals surface area contributed by atoms with Crippen LogP contribution >= 0.6 is 0 Å². The molecule has 25 heavy (non-hydrogen) atoms. The maximum atomic E-state index is 15.3. The van der Waals surface area contributed by atoms with E-state index in [1.165, 1.54) is 0 Å². The Morgan fingerprint density at radius 1 is 1.04 bits per heavy atom. The van der Waals surface area contributed by atoms with Crippen molar-refractivity contribution < 1.29 is 18.4 Å². The molecule has 138 valence electrons. The van der Waals surface area contributed by atoms with Crippen molar-refractivity contribution in [1.29, 1.82) is 0 Å². The van der Waals surface area contributed by atoms with Crippen LogP contribution in [0.15, 0.2) is 30.0 Å². The first-order valence-electron chi connectivity index (χ1n) is 9.07. The van der Waals surface area contributed by atoms with E-state index in [0.29, 0.717) is 25.2 Å². The van der Waals surface area contributed by atoms with Gasteiger partial charge in [-0.2, -0.15) is 0 Å². The van der Waals surface area contributed by atoms with Gasteiger partial charge in [0.25, 0.3) is 0 Å². The van der Waals surface area contributed by atoms with Gasteiger partial charge in [-0.3, -0.25) is 0 Å². The maximum Gasteiger partial charge on any atom is 0.525 e. The predicted octanol–water partition coefficient (Wildman–Crippen LogP) is 5.12. The quantitative estimate of drug-likeness (QED) is 0.505. The van der Waals surface area contributed by atoms with E-state index in [9.17, 15) is 0 Å². The lowest BCUT2D eigenvalue weighted by atomic mass is 9.81. The van der Waals surface area contributed by atoms with Crippen LogP contribution in [0.1, 0.15) is 58.6 Å². The SMILES string of the molecule is CCCOCCC(=C(F)B1OC(C)(C)C(C)(C)O1)c1ccc(C)cc1. The molecule has 1 heterocycles. The molecule has 0 amide bonds. The molecule has 0 aromatic heterocycles. The van der Waals surface area contributed by atoms with Crippen molar-refractivity contribution in [2.45, 2.75) is 65.6 Å². The third-order valence-corrected chi connectivity index (χ3v) is 4.99. The van der Waals surface area contributed by atoms with Gasteiger partial charge in [0.2, 0.25) is 0 Å². The van der Waals surface area contributed by atoms with E-state index >= 15 is 4.39 Å². The Balaban J connectivity index is 2.29. The Hall–Kier alpha value is -1.17. The molecule has 0 saturated carbocycles. The Morgan fingerprint density at radius 3 is 2.12 bits per heavy atom. The monoisotopic (exact) mass is 348 g/mol. The smallest absolute Gasteiger partial charge is 0.398 e. The van der Waals surface area contributed by atoms with Crippen LogP contribution in [-0.4, -0.2) is 31.5 Å². The lowest BCUT2D eigenvalue weighted by Crippen LogP contribution is -2.41. The van der Waals surface area contributed by atoms with Crippen LogP contribution in [0.4, 0.5) is 4.39 Å². The summed E-state index contributed by atoms with van der Waals surface area (Å²) < 4.78 is 32.7. The number of hydrogen-bond donors (Lipinski definition) is 0. The molecular weight excluding hydrogens is 318 g/mol. The molecule has 5 heteroatoms. The summed E-state index contributed by atoms with van der Waals surface area (Å²) in [6.45, 7) is 12.9. The lowest BCUT2D eigenvalue weighted by molar-refractivity contribution is 0.00578. The van der Waals surface area contributed by atoms with Crippen molar-refractivity contribution in [2.24, 2.45) is 0 Å². The molecule has 1 saturated heterocycles. The van der Waals surface area contributed by atoms with Gasteiger partial charge < -0.3 is 14.0 Å². The number of halogens is 1. The second kappa shape index (κ2) is 8.02. The fraction of sp³-hybridized carbons (Fsp3) is 0.600. The number of benzene rings is 1. The summed E-state index contributed by atoms with van der Waals surface area (Å²) in [4.78, 5) is 0. The van der Waals surface area contributed by atoms with Gasteiger partial charge in [0.1, 0.15) is 5.73 Å². The number of rotatable bonds is 7. The molecule has 0 aliphatic carbocycles. The largest absolute Gasteiger partial charge is 0.525 e. The summed E-state index contributed by atoms with van der Waals surface area (Å²) >= 11 is 0. The molecule has 1 fully saturated rings. The van der Waals surface area contributed by atoms with E-state index in [1.807, 2.05) is 58.9 Å². The Bertz CT molecular complexity index is 592. The fourth-order valence-electron chi connectivity index (χ4n) is 2.67. The van der Waals surface area contributed by atoms with E-state index < -0.39 is 18.3 Å². The van der Waals surface area contributed by atoms with Gasteiger partial charge in [-0.05, 0) is 58.6 Å². The van der Waals surface area contributed by atoms with Gasteiger partial charge in [0.05, 0.1) is 17.8 Å². The predicted molar refractivity (Wildman–Crippen MR) is 101 cm³/mol. The van der Waals surface area contributed by atoms with Gasteiger partial charge in [0.15, 0.2) is 0 Å². The molecule has 0 radical (unpaired) electrons. The highest BCUT2D eigenvalue weighted by Crippen LogP contribution is 2.40. The third kappa shape index (κ3) is 4.72. The molecule has 0 unspecified atom stereocenters. The minimum atomic E-state index is -0.979. The van der Waals surface area contributed by atoms with Crippen LogP contribution in [0, 0.1) is 6.92 Å². The van der Waals surface area contributed by atoms with Crippen LogP contribution in [0.25, 0.3) is 5.57 Å². The summed E-state index contributed by atoms with van der Waals surface area (Å²) in [6, 6.07) is 7.85. The van der Waals surface area contributed by atoms with E-state index in [1.54, 1.807) is 0 Å². The highest BCUT2D eigenvalue weighted by Gasteiger charge is 2.53. The van der Waals surface area contributed by atoms with Crippen molar-refractivity contribution in [1.82, 2.24) is 0 Å². The van der Waals surface area contributed by atoms with Crippen LogP contribution in [0.5, 0.6) is 0 Å².